The number of Topliss-reactive ketones (excluding diaryl/α,β-unsaturated/α-hetero) is 2. The summed E-state index contributed by atoms with van der Waals surface area (Å²) in [6.45, 7) is 1.08. The van der Waals surface area contributed by atoms with Crippen LogP contribution in [0.5, 0.6) is 0 Å². The van der Waals surface area contributed by atoms with Crippen LogP contribution in [0.25, 0.3) is 5.69 Å². The van der Waals surface area contributed by atoms with E-state index in [-0.39, 0.29) is 42.7 Å². The Kier molecular flexibility index (Phi) is 9.56. The molecule has 0 atom stereocenters. The summed E-state index contributed by atoms with van der Waals surface area (Å²) < 4.78 is 59.5. The predicted octanol–water partition coefficient (Wildman–Crippen LogP) is 5.33. The number of piperazine rings is 1. The second-order valence-electron chi connectivity index (χ2n) is 11.7. The van der Waals surface area contributed by atoms with Crippen molar-refractivity contribution in [3.05, 3.63) is 153 Å². The lowest BCUT2D eigenvalue weighted by atomic mass is 10.0. The van der Waals surface area contributed by atoms with Crippen molar-refractivity contribution >= 4 is 23.2 Å². The maximum atomic E-state index is 14.5. The van der Waals surface area contributed by atoms with Gasteiger partial charge in [0.1, 0.15) is 5.82 Å². The van der Waals surface area contributed by atoms with Crippen LogP contribution >= 0.6 is 0 Å². The third-order valence-corrected chi connectivity index (χ3v) is 8.50. The monoisotopic (exact) mass is 670 g/mol. The van der Waals surface area contributed by atoms with E-state index in [9.17, 15) is 36.7 Å². The number of hydrogen-bond acceptors (Lipinski definition) is 5. The molecule has 8 nitrogen and oxygen atoms in total. The van der Waals surface area contributed by atoms with Crippen LogP contribution in [0.4, 0.5) is 23.2 Å². The van der Waals surface area contributed by atoms with E-state index in [1.807, 2.05) is 53.4 Å². The molecule has 6 rings (SSSR count). The lowest BCUT2D eigenvalue weighted by Crippen LogP contribution is -2.51. The Bertz CT molecular complexity index is 2090. The Morgan fingerprint density at radius 2 is 1.37 bits per heavy atom. The van der Waals surface area contributed by atoms with Crippen LogP contribution in [-0.2, 0) is 22.6 Å². The lowest BCUT2D eigenvalue weighted by molar-refractivity contribution is -0.144. The van der Waals surface area contributed by atoms with Gasteiger partial charge in [-0.05, 0) is 65.7 Å². The normalized spacial score (nSPS) is 13.1. The molecule has 1 saturated heterocycles. The van der Waals surface area contributed by atoms with Gasteiger partial charge in [-0.25, -0.2) is 17.6 Å². The number of ketones is 2. The van der Waals surface area contributed by atoms with Crippen molar-refractivity contribution in [2.45, 2.75) is 19.4 Å². The summed E-state index contributed by atoms with van der Waals surface area (Å²) in [4.78, 5) is 56.4. The number of amides is 1. The van der Waals surface area contributed by atoms with E-state index in [1.54, 1.807) is 6.07 Å². The maximum absolute atomic E-state index is 14.5. The van der Waals surface area contributed by atoms with Gasteiger partial charge in [0.15, 0.2) is 23.2 Å². The zero-order valence-electron chi connectivity index (χ0n) is 26.1. The molecule has 0 spiro atoms. The Hall–Kier alpha value is -5.78. The Morgan fingerprint density at radius 3 is 2.06 bits per heavy atom. The van der Waals surface area contributed by atoms with Gasteiger partial charge in [-0.2, -0.15) is 0 Å². The molecule has 0 bridgehead atoms. The Morgan fingerprint density at radius 1 is 0.694 bits per heavy atom. The highest BCUT2D eigenvalue weighted by Crippen LogP contribution is 2.21. The molecule has 3 heterocycles. The first-order chi connectivity index (χ1) is 23.6. The number of carbonyl (C=O) groups is 3. The molecule has 3 aromatic carbocycles. The highest BCUT2D eigenvalue weighted by atomic mass is 19.2. The molecule has 5 aromatic rings. The van der Waals surface area contributed by atoms with Crippen molar-refractivity contribution in [1.29, 1.82) is 0 Å². The number of pyridine rings is 1. The number of rotatable bonds is 10. The van der Waals surface area contributed by atoms with E-state index in [0.717, 1.165) is 34.1 Å². The van der Waals surface area contributed by atoms with Crippen molar-refractivity contribution in [3.8, 4) is 5.69 Å². The van der Waals surface area contributed by atoms with Crippen molar-refractivity contribution in [3.63, 3.8) is 0 Å². The van der Waals surface area contributed by atoms with Crippen LogP contribution in [0.15, 0.2) is 102 Å². The molecule has 0 radical (unpaired) electrons. The number of nitrogens with zero attached hydrogens (tertiary/aromatic N) is 4. The van der Waals surface area contributed by atoms with Crippen molar-refractivity contribution in [2.75, 3.05) is 31.1 Å². The van der Waals surface area contributed by atoms with E-state index in [4.69, 9.17) is 0 Å². The van der Waals surface area contributed by atoms with Crippen LogP contribution in [0, 0.1) is 23.3 Å². The molecule has 250 valence electrons. The van der Waals surface area contributed by atoms with Crippen molar-refractivity contribution in [2.24, 2.45) is 0 Å². The van der Waals surface area contributed by atoms with E-state index in [0.29, 0.717) is 13.1 Å². The van der Waals surface area contributed by atoms with Gasteiger partial charge in [-0.3, -0.25) is 19.2 Å². The molecular weight excluding hydrogens is 640 g/mol. The van der Waals surface area contributed by atoms with Crippen LogP contribution in [0.3, 0.4) is 0 Å². The minimum Gasteiger partial charge on any atom is -0.368 e. The molecular formula is C37H30F4N4O4. The smallest absolute Gasteiger partial charge is 0.290 e. The summed E-state index contributed by atoms with van der Waals surface area (Å²) in [5.41, 5.74) is 0.612. The number of benzene rings is 3. The fourth-order valence-electron chi connectivity index (χ4n) is 5.85. The number of anilines is 1. The van der Waals surface area contributed by atoms with Crippen LogP contribution in [0.1, 0.15) is 33.5 Å². The zero-order valence-corrected chi connectivity index (χ0v) is 26.1. The average molecular weight is 671 g/mol. The van der Waals surface area contributed by atoms with E-state index >= 15 is 0 Å². The molecule has 0 saturated carbocycles. The largest absolute Gasteiger partial charge is 0.368 e. The first-order valence-corrected chi connectivity index (χ1v) is 15.5. The standard InChI is InChI=1S/C37H30F4N4O4/c38-30-6-2-1-5-26(30)23-45-22-24(19-25-7-12-31(39)35(41)34(25)40)20-29(36(45)48)32(46)21-33(47)37(49)44-17-15-43(16-18-44)28-10-8-27(9-11-28)42-13-3-4-14-42/h1-14,20,22H,15-19,21,23H2. The second-order valence-corrected chi connectivity index (χ2v) is 11.7. The second kappa shape index (κ2) is 14.1. The number of aromatic nitrogens is 2. The number of carbonyl (C=O) groups excluding carboxylic acids is 3. The summed E-state index contributed by atoms with van der Waals surface area (Å²) >= 11 is 0. The molecule has 1 amide bonds. The third kappa shape index (κ3) is 7.23. The van der Waals surface area contributed by atoms with Crippen LogP contribution in [0.2, 0.25) is 0 Å². The molecule has 12 heteroatoms. The lowest BCUT2D eigenvalue weighted by Gasteiger charge is -2.35. The van der Waals surface area contributed by atoms with Crippen molar-refractivity contribution in [1.82, 2.24) is 14.0 Å². The van der Waals surface area contributed by atoms with Gasteiger partial charge in [-0.15, -0.1) is 0 Å². The summed E-state index contributed by atoms with van der Waals surface area (Å²) in [5.74, 6) is -7.93. The fourth-order valence-corrected chi connectivity index (χ4v) is 5.85. The SMILES string of the molecule is O=C(CC(=O)c1cc(Cc2ccc(F)c(F)c2F)cn(Cc2ccccc2F)c1=O)C(=O)N1CCN(c2ccc(-n3cccc3)cc2)CC1. The van der Waals surface area contributed by atoms with Gasteiger partial charge in [0.05, 0.1) is 18.5 Å². The topological polar surface area (TPSA) is 84.6 Å². The summed E-state index contributed by atoms with van der Waals surface area (Å²) in [6.07, 6.45) is 3.88. The minimum absolute atomic E-state index is 0.112. The third-order valence-electron chi connectivity index (χ3n) is 8.50. The average Bonchev–Trinajstić information content (AvgIpc) is 3.66. The van der Waals surface area contributed by atoms with Crippen LogP contribution in [-0.4, -0.2) is 57.7 Å². The van der Waals surface area contributed by atoms with Gasteiger partial charge >= 0.3 is 0 Å². The van der Waals surface area contributed by atoms with Gasteiger partial charge in [0, 0.05) is 68.1 Å². The molecule has 0 N–H and O–H groups in total. The molecule has 0 unspecified atom stereocenters. The van der Waals surface area contributed by atoms with Gasteiger partial charge in [0.2, 0.25) is 5.78 Å². The van der Waals surface area contributed by atoms with E-state index < -0.39 is 58.3 Å². The summed E-state index contributed by atoms with van der Waals surface area (Å²) in [7, 11) is 0. The zero-order chi connectivity index (χ0) is 34.7. The minimum atomic E-state index is -1.68. The van der Waals surface area contributed by atoms with Gasteiger partial charge < -0.3 is 18.9 Å². The molecule has 1 fully saturated rings. The van der Waals surface area contributed by atoms with E-state index in [2.05, 4.69) is 4.90 Å². The molecule has 2 aromatic heterocycles. The molecule has 0 aliphatic carbocycles. The summed E-state index contributed by atoms with van der Waals surface area (Å²) in [6, 6.07) is 20.3. The highest BCUT2D eigenvalue weighted by Gasteiger charge is 2.29. The first kappa shape index (κ1) is 33.1. The Balaban J connectivity index is 1.16. The summed E-state index contributed by atoms with van der Waals surface area (Å²) in [5, 5.41) is 0. The molecule has 49 heavy (non-hydrogen) atoms. The quantitative estimate of drug-likeness (QED) is 0.0660. The van der Waals surface area contributed by atoms with Gasteiger partial charge in [0.25, 0.3) is 11.5 Å². The number of halogens is 4. The fraction of sp³-hybridized carbons (Fsp3) is 0.189. The highest BCUT2D eigenvalue weighted by molar-refractivity contribution is 6.40. The van der Waals surface area contributed by atoms with Gasteiger partial charge in [-0.1, -0.05) is 24.3 Å². The molecule has 1 aliphatic heterocycles. The van der Waals surface area contributed by atoms with Crippen LogP contribution < -0.4 is 10.5 Å². The molecule has 1 aliphatic rings. The predicted molar refractivity (Wildman–Crippen MR) is 174 cm³/mol. The Labute approximate surface area is 278 Å². The van der Waals surface area contributed by atoms with Crippen molar-refractivity contribution < 1.29 is 31.9 Å². The number of hydrogen-bond donors (Lipinski definition) is 0. The maximum Gasteiger partial charge on any atom is 0.290 e. The van der Waals surface area contributed by atoms with E-state index in [1.165, 1.54) is 29.3 Å². The first-order valence-electron chi connectivity index (χ1n) is 15.5.